The topological polar surface area (TPSA) is 32.3 Å². The number of rotatable bonds is 3. The molecule has 0 aromatic heterocycles. The lowest BCUT2D eigenvalue weighted by Gasteiger charge is -2.41. The van der Waals surface area contributed by atoms with Gasteiger partial charge in [0.2, 0.25) is 0 Å². The van der Waals surface area contributed by atoms with Gasteiger partial charge in [-0.3, -0.25) is 4.79 Å². The van der Waals surface area contributed by atoms with Crippen LogP contribution in [0.2, 0.25) is 0 Å². The van der Waals surface area contributed by atoms with Crippen LogP contribution in [0.3, 0.4) is 0 Å². The van der Waals surface area contributed by atoms with Gasteiger partial charge in [0.05, 0.1) is 17.9 Å². The van der Waals surface area contributed by atoms with Crippen LogP contribution in [0.15, 0.2) is 48.5 Å². The molecule has 0 fully saturated rings. The number of Topliss-reactive ketones (excluding diaryl/α,β-unsaturated/α-hetero) is 1. The summed E-state index contributed by atoms with van der Waals surface area (Å²) in [5.74, 6) is 0.160. The largest absolute Gasteiger partial charge is 0.377 e. The monoisotopic (exact) mass is 294 g/mol. The van der Waals surface area contributed by atoms with Crippen LogP contribution in [0, 0.1) is 6.92 Å². The second kappa shape index (κ2) is 5.48. The van der Waals surface area contributed by atoms with Crippen LogP contribution >= 0.6 is 0 Å². The highest BCUT2D eigenvalue weighted by Gasteiger charge is 2.30. The SMILES string of the molecule is Cc1ccc(C(=O)CN2CC(C)(C)Nc3ccccc32)cc1. The summed E-state index contributed by atoms with van der Waals surface area (Å²) in [6.07, 6.45) is 0. The molecule has 0 amide bonds. The van der Waals surface area contributed by atoms with Gasteiger partial charge in [0, 0.05) is 17.6 Å². The van der Waals surface area contributed by atoms with Gasteiger partial charge in [0.25, 0.3) is 0 Å². The van der Waals surface area contributed by atoms with Crippen molar-refractivity contribution in [1.82, 2.24) is 0 Å². The van der Waals surface area contributed by atoms with Crippen molar-refractivity contribution in [3.05, 3.63) is 59.7 Å². The fraction of sp³-hybridized carbons (Fsp3) is 0.316. The van der Waals surface area contributed by atoms with Crippen molar-refractivity contribution in [1.29, 1.82) is 0 Å². The standard InChI is InChI=1S/C19H22N2O/c1-14-8-10-15(11-9-14)18(22)12-21-13-19(2,3)20-16-6-4-5-7-17(16)21/h4-11,20H,12-13H2,1-3H3. The van der Waals surface area contributed by atoms with Gasteiger partial charge >= 0.3 is 0 Å². The van der Waals surface area contributed by atoms with E-state index in [1.165, 1.54) is 5.56 Å². The highest BCUT2D eigenvalue weighted by molar-refractivity contribution is 6.00. The number of anilines is 2. The van der Waals surface area contributed by atoms with Crippen molar-refractivity contribution >= 4 is 17.2 Å². The average molecular weight is 294 g/mol. The first-order chi connectivity index (χ1) is 10.4. The summed E-state index contributed by atoms with van der Waals surface area (Å²) in [6, 6.07) is 16.0. The van der Waals surface area contributed by atoms with E-state index in [1.807, 2.05) is 43.3 Å². The Hall–Kier alpha value is -2.29. The van der Waals surface area contributed by atoms with Crippen molar-refractivity contribution in [3.8, 4) is 0 Å². The van der Waals surface area contributed by atoms with Gasteiger partial charge in [-0.05, 0) is 32.9 Å². The number of hydrogen-bond acceptors (Lipinski definition) is 3. The average Bonchev–Trinajstić information content (AvgIpc) is 2.46. The Morgan fingerprint density at radius 3 is 2.55 bits per heavy atom. The zero-order chi connectivity index (χ0) is 15.7. The Balaban J connectivity index is 1.85. The summed E-state index contributed by atoms with van der Waals surface area (Å²) in [5, 5.41) is 3.53. The molecule has 114 valence electrons. The Morgan fingerprint density at radius 2 is 1.82 bits per heavy atom. The predicted octanol–water partition coefficient (Wildman–Crippen LogP) is 3.89. The van der Waals surface area contributed by atoms with Crippen LogP contribution in [-0.2, 0) is 0 Å². The van der Waals surface area contributed by atoms with Crippen molar-refractivity contribution in [2.75, 3.05) is 23.3 Å². The third-order valence-electron chi connectivity index (χ3n) is 4.01. The summed E-state index contributed by atoms with van der Waals surface area (Å²) in [5.41, 5.74) is 4.09. The molecule has 3 rings (SSSR count). The molecule has 0 saturated carbocycles. The molecular formula is C19H22N2O. The number of fused-ring (bicyclic) bond motifs is 1. The van der Waals surface area contributed by atoms with E-state index >= 15 is 0 Å². The first-order valence-electron chi connectivity index (χ1n) is 7.67. The number of nitrogens with one attached hydrogen (secondary N) is 1. The molecule has 0 spiro atoms. The third-order valence-corrected chi connectivity index (χ3v) is 4.01. The molecule has 0 saturated heterocycles. The maximum Gasteiger partial charge on any atom is 0.182 e. The molecule has 3 nitrogen and oxygen atoms in total. The Morgan fingerprint density at radius 1 is 1.14 bits per heavy atom. The molecule has 3 heteroatoms. The van der Waals surface area contributed by atoms with E-state index in [1.54, 1.807) is 0 Å². The Bertz CT molecular complexity index is 689. The van der Waals surface area contributed by atoms with Crippen LogP contribution in [0.1, 0.15) is 29.8 Å². The molecule has 0 unspecified atom stereocenters. The second-order valence-electron chi connectivity index (χ2n) is 6.67. The minimum absolute atomic E-state index is 0.0537. The molecule has 22 heavy (non-hydrogen) atoms. The molecule has 1 aliphatic heterocycles. The van der Waals surface area contributed by atoms with Crippen LogP contribution in [0.25, 0.3) is 0 Å². The van der Waals surface area contributed by atoms with E-state index in [4.69, 9.17) is 0 Å². The summed E-state index contributed by atoms with van der Waals surface area (Å²) in [6.45, 7) is 7.56. The van der Waals surface area contributed by atoms with Crippen LogP contribution in [0.4, 0.5) is 11.4 Å². The van der Waals surface area contributed by atoms with E-state index < -0.39 is 0 Å². The van der Waals surface area contributed by atoms with Crippen LogP contribution in [-0.4, -0.2) is 24.4 Å². The van der Waals surface area contributed by atoms with Gasteiger partial charge in [-0.15, -0.1) is 0 Å². The number of carbonyl (C=O) groups is 1. The number of aryl methyl sites for hydroxylation is 1. The number of nitrogens with zero attached hydrogens (tertiary/aromatic N) is 1. The van der Waals surface area contributed by atoms with Crippen molar-refractivity contribution in [3.63, 3.8) is 0 Å². The third kappa shape index (κ3) is 2.98. The van der Waals surface area contributed by atoms with E-state index in [0.29, 0.717) is 6.54 Å². The van der Waals surface area contributed by atoms with E-state index in [0.717, 1.165) is 23.5 Å². The van der Waals surface area contributed by atoms with Crippen molar-refractivity contribution in [2.24, 2.45) is 0 Å². The molecular weight excluding hydrogens is 272 g/mol. The first-order valence-corrected chi connectivity index (χ1v) is 7.67. The maximum atomic E-state index is 12.6. The van der Waals surface area contributed by atoms with E-state index in [2.05, 4.69) is 36.2 Å². The minimum atomic E-state index is -0.0537. The van der Waals surface area contributed by atoms with E-state index in [9.17, 15) is 4.79 Å². The summed E-state index contributed by atoms with van der Waals surface area (Å²) < 4.78 is 0. The fourth-order valence-corrected chi connectivity index (χ4v) is 2.97. The fourth-order valence-electron chi connectivity index (χ4n) is 2.97. The summed E-state index contributed by atoms with van der Waals surface area (Å²) >= 11 is 0. The van der Waals surface area contributed by atoms with Gasteiger partial charge in [-0.25, -0.2) is 0 Å². The quantitative estimate of drug-likeness (QED) is 0.872. The number of para-hydroxylation sites is 2. The van der Waals surface area contributed by atoms with Crippen molar-refractivity contribution in [2.45, 2.75) is 26.3 Å². The minimum Gasteiger partial charge on any atom is -0.377 e. The highest BCUT2D eigenvalue weighted by atomic mass is 16.1. The number of hydrogen-bond donors (Lipinski definition) is 1. The molecule has 1 aliphatic rings. The molecule has 1 N–H and O–H groups in total. The second-order valence-corrected chi connectivity index (χ2v) is 6.67. The highest BCUT2D eigenvalue weighted by Crippen LogP contribution is 2.34. The Kier molecular flexibility index (Phi) is 3.65. The molecule has 1 heterocycles. The smallest absolute Gasteiger partial charge is 0.182 e. The van der Waals surface area contributed by atoms with Gasteiger partial charge in [0.15, 0.2) is 5.78 Å². The van der Waals surface area contributed by atoms with Crippen molar-refractivity contribution < 1.29 is 4.79 Å². The van der Waals surface area contributed by atoms with Crippen LogP contribution in [0.5, 0.6) is 0 Å². The molecule has 2 aromatic carbocycles. The van der Waals surface area contributed by atoms with Crippen LogP contribution < -0.4 is 10.2 Å². The van der Waals surface area contributed by atoms with Gasteiger partial charge < -0.3 is 10.2 Å². The molecule has 0 atom stereocenters. The lowest BCUT2D eigenvalue weighted by atomic mass is 9.98. The summed E-state index contributed by atoms with van der Waals surface area (Å²) in [4.78, 5) is 14.8. The number of carbonyl (C=O) groups excluding carboxylic acids is 1. The lowest BCUT2D eigenvalue weighted by molar-refractivity contribution is 0.0998. The molecule has 0 bridgehead atoms. The first kappa shape index (κ1) is 14.6. The molecule has 2 aromatic rings. The lowest BCUT2D eigenvalue weighted by Crippen LogP contribution is -2.50. The zero-order valence-electron chi connectivity index (χ0n) is 13.4. The molecule has 0 radical (unpaired) electrons. The molecule has 0 aliphatic carbocycles. The Labute approximate surface area is 132 Å². The van der Waals surface area contributed by atoms with E-state index in [-0.39, 0.29) is 11.3 Å². The van der Waals surface area contributed by atoms with Gasteiger partial charge in [-0.1, -0.05) is 42.0 Å². The summed E-state index contributed by atoms with van der Waals surface area (Å²) in [7, 11) is 0. The zero-order valence-corrected chi connectivity index (χ0v) is 13.4. The number of benzene rings is 2. The normalized spacial score (nSPS) is 15.9. The number of ketones is 1. The maximum absolute atomic E-state index is 12.6. The predicted molar refractivity (Wildman–Crippen MR) is 91.9 cm³/mol. The van der Waals surface area contributed by atoms with Gasteiger partial charge in [0.1, 0.15) is 0 Å². The van der Waals surface area contributed by atoms with Gasteiger partial charge in [-0.2, -0.15) is 0 Å².